The highest BCUT2D eigenvalue weighted by molar-refractivity contribution is 5.75. The van der Waals surface area contributed by atoms with E-state index < -0.39 is 0 Å². The maximum absolute atomic E-state index is 11.5. The lowest BCUT2D eigenvalue weighted by Crippen LogP contribution is -2.18. The van der Waals surface area contributed by atoms with Gasteiger partial charge in [-0.3, -0.25) is 4.57 Å². The molecule has 0 atom stereocenters. The molecule has 0 unspecified atom stereocenters. The van der Waals surface area contributed by atoms with Crippen LogP contribution in [0.4, 0.5) is 0 Å². The summed E-state index contributed by atoms with van der Waals surface area (Å²) in [6.07, 6.45) is 0. The number of H-pyrrole nitrogens is 1. The van der Waals surface area contributed by atoms with Crippen LogP contribution in [-0.4, -0.2) is 9.55 Å². The summed E-state index contributed by atoms with van der Waals surface area (Å²) in [6, 6.07) is 7.92. The molecule has 0 saturated heterocycles. The molecule has 2 aromatic rings. The Morgan fingerprint density at radius 1 is 1.38 bits per heavy atom. The van der Waals surface area contributed by atoms with Crippen molar-refractivity contribution in [2.75, 3.05) is 0 Å². The first kappa shape index (κ1) is 8.10. The summed E-state index contributed by atoms with van der Waals surface area (Å²) >= 11 is 0. The maximum Gasteiger partial charge on any atom is 0.326 e. The molecular formula is C10H14N2O. The van der Waals surface area contributed by atoms with Gasteiger partial charge in [0.2, 0.25) is 0 Å². The van der Waals surface area contributed by atoms with E-state index in [9.17, 15) is 4.79 Å². The molecule has 3 heteroatoms. The van der Waals surface area contributed by atoms with Gasteiger partial charge in [-0.2, -0.15) is 0 Å². The average molecular weight is 178 g/mol. The van der Waals surface area contributed by atoms with Crippen LogP contribution in [0.1, 0.15) is 21.3 Å². The number of aromatic amines is 1. The molecule has 0 aliphatic heterocycles. The molecule has 0 spiro atoms. The van der Waals surface area contributed by atoms with Gasteiger partial charge in [0.05, 0.1) is 11.0 Å². The van der Waals surface area contributed by atoms with Crippen LogP contribution in [0.5, 0.6) is 0 Å². The predicted octanol–water partition coefficient (Wildman–Crippen LogP) is 2.16. The number of aromatic nitrogens is 2. The zero-order valence-electron chi connectivity index (χ0n) is 7.74. The Hall–Kier alpha value is -1.51. The summed E-state index contributed by atoms with van der Waals surface area (Å²) in [4.78, 5) is 14.3. The molecule has 2 rings (SSSR count). The lowest BCUT2D eigenvalue weighted by Gasteiger charge is -2.05. The third kappa shape index (κ3) is 1.16. The minimum atomic E-state index is -0.0313. The Balaban J connectivity index is 0.000000980. The average Bonchev–Trinajstić information content (AvgIpc) is 2.39. The monoisotopic (exact) mass is 178 g/mol. The standard InChI is InChI=1S/C10H12N2O.H2/c1-7(2)12-9-6-4-3-5-8(9)11-10(12)13;/h3-7H,1-2H3,(H,11,13);1H. The molecule has 0 bridgehead atoms. The fourth-order valence-corrected chi connectivity index (χ4v) is 1.59. The molecule has 1 aromatic carbocycles. The first-order chi connectivity index (χ1) is 6.20. The van der Waals surface area contributed by atoms with Crippen molar-refractivity contribution in [3.8, 4) is 0 Å². The van der Waals surface area contributed by atoms with Crippen LogP contribution in [0, 0.1) is 0 Å². The van der Waals surface area contributed by atoms with Gasteiger partial charge < -0.3 is 4.98 Å². The Kier molecular flexibility index (Phi) is 1.72. The Bertz CT molecular complexity index is 484. The van der Waals surface area contributed by atoms with E-state index >= 15 is 0 Å². The van der Waals surface area contributed by atoms with Gasteiger partial charge in [-0.05, 0) is 26.0 Å². The van der Waals surface area contributed by atoms with Crippen molar-refractivity contribution in [3.05, 3.63) is 34.7 Å². The predicted molar refractivity (Wildman–Crippen MR) is 55.1 cm³/mol. The first-order valence-electron chi connectivity index (χ1n) is 4.39. The van der Waals surface area contributed by atoms with Gasteiger partial charge >= 0.3 is 5.69 Å². The van der Waals surface area contributed by atoms with Crippen molar-refractivity contribution in [2.45, 2.75) is 19.9 Å². The molecule has 0 aliphatic carbocycles. The molecular weight excluding hydrogens is 164 g/mol. The van der Waals surface area contributed by atoms with Gasteiger partial charge in [0.15, 0.2) is 0 Å². The third-order valence-corrected chi connectivity index (χ3v) is 2.14. The van der Waals surface area contributed by atoms with Crippen molar-refractivity contribution >= 4 is 11.0 Å². The van der Waals surface area contributed by atoms with Gasteiger partial charge in [-0.15, -0.1) is 0 Å². The highest BCUT2D eigenvalue weighted by Crippen LogP contribution is 2.13. The topological polar surface area (TPSA) is 37.8 Å². The van der Waals surface area contributed by atoms with Crippen LogP contribution < -0.4 is 5.69 Å². The number of nitrogens with zero attached hydrogens (tertiary/aromatic N) is 1. The van der Waals surface area contributed by atoms with Crippen molar-refractivity contribution in [2.24, 2.45) is 0 Å². The fraction of sp³-hybridized carbons (Fsp3) is 0.300. The number of nitrogens with one attached hydrogen (secondary N) is 1. The van der Waals surface area contributed by atoms with Crippen LogP contribution in [0.15, 0.2) is 29.1 Å². The molecule has 70 valence electrons. The van der Waals surface area contributed by atoms with Crippen molar-refractivity contribution in [1.29, 1.82) is 0 Å². The molecule has 1 aromatic heterocycles. The summed E-state index contributed by atoms with van der Waals surface area (Å²) in [5.74, 6) is 0. The van der Waals surface area contributed by atoms with Crippen LogP contribution in [0.3, 0.4) is 0 Å². The maximum atomic E-state index is 11.5. The van der Waals surface area contributed by atoms with Gasteiger partial charge in [0, 0.05) is 7.47 Å². The normalized spacial score (nSPS) is 11.3. The van der Waals surface area contributed by atoms with Crippen molar-refractivity contribution in [1.82, 2.24) is 9.55 Å². The highest BCUT2D eigenvalue weighted by Gasteiger charge is 2.07. The second-order valence-corrected chi connectivity index (χ2v) is 3.41. The van der Waals surface area contributed by atoms with Crippen LogP contribution in [0.25, 0.3) is 11.0 Å². The third-order valence-electron chi connectivity index (χ3n) is 2.14. The number of hydrogen-bond donors (Lipinski definition) is 1. The number of fused-ring (bicyclic) bond motifs is 1. The van der Waals surface area contributed by atoms with E-state index in [-0.39, 0.29) is 13.2 Å². The summed E-state index contributed by atoms with van der Waals surface area (Å²) in [5, 5.41) is 0. The number of para-hydroxylation sites is 2. The Labute approximate surface area is 77.5 Å². The number of imidazole rings is 1. The van der Waals surface area contributed by atoms with E-state index in [1.807, 2.05) is 38.1 Å². The second kappa shape index (κ2) is 2.76. The lowest BCUT2D eigenvalue weighted by atomic mass is 10.3. The SMILES string of the molecule is CC(C)n1c(=O)[nH]c2ccccc21.[HH]. The van der Waals surface area contributed by atoms with E-state index in [2.05, 4.69) is 4.98 Å². The first-order valence-corrected chi connectivity index (χ1v) is 4.39. The van der Waals surface area contributed by atoms with E-state index in [0.717, 1.165) is 11.0 Å². The Morgan fingerprint density at radius 2 is 2.08 bits per heavy atom. The number of rotatable bonds is 1. The Morgan fingerprint density at radius 3 is 2.77 bits per heavy atom. The fourth-order valence-electron chi connectivity index (χ4n) is 1.59. The van der Waals surface area contributed by atoms with Crippen LogP contribution in [-0.2, 0) is 0 Å². The number of hydrogen-bond acceptors (Lipinski definition) is 1. The van der Waals surface area contributed by atoms with Crippen molar-refractivity contribution in [3.63, 3.8) is 0 Å². The lowest BCUT2D eigenvalue weighted by molar-refractivity contribution is 0.598. The smallest absolute Gasteiger partial charge is 0.306 e. The summed E-state index contributed by atoms with van der Waals surface area (Å²) in [7, 11) is 0. The minimum absolute atomic E-state index is 0. The molecule has 0 aliphatic rings. The van der Waals surface area contributed by atoms with E-state index in [1.54, 1.807) is 4.57 Å². The summed E-state index contributed by atoms with van der Waals surface area (Å²) < 4.78 is 1.76. The molecule has 0 amide bonds. The van der Waals surface area contributed by atoms with E-state index in [0.29, 0.717) is 0 Å². The van der Waals surface area contributed by atoms with E-state index in [1.165, 1.54) is 0 Å². The molecule has 13 heavy (non-hydrogen) atoms. The summed E-state index contributed by atoms with van der Waals surface area (Å²) in [6.45, 7) is 4.00. The summed E-state index contributed by atoms with van der Waals surface area (Å²) in [5.41, 5.74) is 1.85. The van der Waals surface area contributed by atoms with Gasteiger partial charge in [0.25, 0.3) is 0 Å². The van der Waals surface area contributed by atoms with Crippen LogP contribution >= 0.6 is 0 Å². The molecule has 1 N–H and O–H groups in total. The minimum Gasteiger partial charge on any atom is -0.306 e. The zero-order valence-corrected chi connectivity index (χ0v) is 7.74. The number of benzene rings is 1. The molecule has 1 heterocycles. The van der Waals surface area contributed by atoms with Gasteiger partial charge in [-0.25, -0.2) is 4.79 Å². The van der Waals surface area contributed by atoms with E-state index in [4.69, 9.17) is 0 Å². The quantitative estimate of drug-likeness (QED) is 0.713. The molecule has 0 fully saturated rings. The highest BCUT2D eigenvalue weighted by atomic mass is 16.1. The van der Waals surface area contributed by atoms with Gasteiger partial charge in [-0.1, -0.05) is 12.1 Å². The largest absolute Gasteiger partial charge is 0.326 e. The molecule has 0 radical (unpaired) electrons. The molecule has 3 nitrogen and oxygen atoms in total. The van der Waals surface area contributed by atoms with Crippen molar-refractivity contribution < 1.29 is 1.43 Å². The van der Waals surface area contributed by atoms with Crippen LogP contribution in [0.2, 0.25) is 0 Å². The second-order valence-electron chi connectivity index (χ2n) is 3.41. The zero-order chi connectivity index (χ0) is 9.42. The molecule has 0 saturated carbocycles. The van der Waals surface area contributed by atoms with Gasteiger partial charge in [0.1, 0.15) is 0 Å².